The van der Waals surface area contributed by atoms with Crippen molar-refractivity contribution in [2.24, 2.45) is 17.6 Å². The molecule has 0 amide bonds. The molecule has 1 rings (SSSR count). The lowest BCUT2D eigenvalue weighted by Crippen LogP contribution is -2.38. The fourth-order valence-electron chi connectivity index (χ4n) is 1.77. The summed E-state index contributed by atoms with van der Waals surface area (Å²) in [6, 6.07) is -0.190. The molecule has 1 aliphatic carbocycles. The van der Waals surface area contributed by atoms with E-state index in [1.54, 1.807) is 0 Å². The van der Waals surface area contributed by atoms with E-state index in [1.165, 1.54) is 0 Å². The third-order valence-electron chi connectivity index (χ3n) is 2.81. The summed E-state index contributed by atoms with van der Waals surface area (Å²) < 4.78 is 13.1. The van der Waals surface area contributed by atoms with E-state index in [0.29, 0.717) is 18.3 Å². The van der Waals surface area contributed by atoms with Crippen molar-refractivity contribution in [2.75, 3.05) is 0 Å². The Hall–Kier alpha value is -0.110. The number of hydrogen-bond donors (Lipinski definition) is 1. The fourth-order valence-corrected chi connectivity index (χ4v) is 1.77. The smallest absolute Gasteiger partial charge is 0.115 e. The van der Waals surface area contributed by atoms with E-state index in [1.807, 2.05) is 0 Å². The van der Waals surface area contributed by atoms with Gasteiger partial charge in [0.2, 0.25) is 0 Å². The molecule has 0 unspecified atom stereocenters. The van der Waals surface area contributed by atoms with Crippen molar-refractivity contribution < 1.29 is 4.39 Å². The lowest BCUT2D eigenvalue weighted by molar-refractivity contribution is 0.144. The standard InChI is InChI=1S/C9H18FN/c1-6(2)7-3-4-9(11)8(10)5-7/h6-9H,3-5,11H2,1-2H3/t7-,8+,9-/m1/s1. The van der Waals surface area contributed by atoms with Crippen LogP contribution in [-0.2, 0) is 0 Å². The lowest BCUT2D eigenvalue weighted by atomic mass is 9.79. The molecule has 1 nitrogen and oxygen atoms in total. The highest BCUT2D eigenvalue weighted by Gasteiger charge is 2.29. The van der Waals surface area contributed by atoms with Gasteiger partial charge in [-0.1, -0.05) is 13.8 Å². The second kappa shape index (κ2) is 3.53. The Balaban J connectivity index is 2.40. The highest BCUT2D eigenvalue weighted by molar-refractivity contribution is 4.83. The van der Waals surface area contributed by atoms with Gasteiger partial charge in [0.15, 0.2) is 0 Å². The van der Waals surface area contributed by atoms with Gasteiger partial charge in [0.25, 0.3) is 0 Å². The van der Waals surface area contributed by atoms with Gasteiger partial charge in [0, 0.05) is 6.04 Å². The molecule has 1 fully saturated rings. The Kier molecular flexibility index (Phi) is 2.88. The number of alkyl halides is 1. The lowest BCUT2D eigenvalue weighted by Gasteiger charge is -2.31. The topological polar surface area (TPSA) is 26.0 Å². The van der Waals surface area contributed by atoms with Crippen molar-refractivity contribution in [1.82, 2.24) is 0 Å². The predicted molar refractivity (Wildman–Crippen MR) is 45.1 cm³/mol. The zero-order valence-electron chi connectivity index (χ0n) is 7.39. The van der Waals surface area contributed by atoms with Crippen LogP contribution in [0, 0.1) is 11.8 Å². The number of hydrogen-bond acceptors (Lipinski definition) is 1. The normalized spacial score (nSPS) is 39.5. The van der Waals surface area contributed by atoms with Gasteiger partial charge in [-0.3, -0.25) is 0 Å². The van der Waals surface area contributed by atoms with Gasteiger partial charge in [0.1, 0.15) is 6.17 Å². The third-order valence-corrected chi connectivity index (χ3v) is 2.81. The van der Waals surface area contributed by atoms with Gasteiger partial charge in [-0.25, -0.2) is 4.39 Å². The van der Waals surface area contributed by atoms with E-state index >= 15 is 0 Å². The molecule has 0 aromatic carbocycles. The molecule has 1 saturated carbocycles. The second-order valence-corrected chi connectivity index (χ2v) is 4.00. The minimum absolute atomic E-state index is 0.190. The molecule has 0 aromatic heterocycles. The van der Waals surface area contributed by atoms with E-state index in [-0.39, 0.29) is 6.04 Å². The van der Waals surface area contributed by atoms with Crippen LogP contribution in [-0.4, -0.2) is 12.2 Å². The molecule has 3 atom stereocenters. The SMILES string of the molecule is CC(C)[C@@H]1CC[C@@H](N)[C@@H](F)C1. The average Bonchev–Trinajstić information content (AvgIpc) is 1.94. The third kappa shape index (κ3) is 2.16. The summed E-state index contributed by atoms with van der Waals surface area (Å²) in [7, 11) is 0. The van der Waals surface area contributed by atoms with E-state index in [9.17, 15) is 4.39 Å². The molecule has 2 heteroatoms. The summed E-state index contributed by atoms with van der Waals surface area (Å²) in [5, 5.41) is 0. The largest absolute Gasteiger partial charge is 0.325 e. The first-order valence-corrected chi connectivity index (χ1v) is 4.51. The van der Waals surface area contributed by atoms with Crippen molar-refractivity contribution in [3.63, 3.8) is 0 Å². The molecule has 1 aliphatic rings. The monoisotopic (exact) mass is 159 g/mol. The number of nitrogens with two attached hydrogens (primary N) is 1. The quantitative estimate of drug-likeness (QED) is 0.623. The van der Waals surface area contributed by atoms with Gasteiger partial charge < -0.3 is 5.73 Å². The summed E-state index contributed by atoms with van der Waals surface area (Å²) in [4.78, 5) is 0. The van der Waals surface area contributed by atoms with Crippen LogP contribution in [0.1, 0.15) is 33.1 Å². The number of halogens is 1. The fraction of sp³-hybridized carbons (Fsp3) is 1.00. The van der Waals surface area contributed by atoms with Crippen LogP contribution in [0.3, 0.4) is 0 Å². The van der Waals surface area contributed by atoms with Crippen LogP contribution in [0.2, 0.25) is 0 Å². The Morgan fingerprint density at radius 3 is 2.45 bits per heavy atom. The Bertz CT molecular complexity index is 125. The second-order valence-electron chi connectivity index (χ2n) is 4.00. The number of rotatable bonds is 1. The van der Waals surface area contributed by atoms with Crippen LogP contribution in [0.25, 0.3) is 0 Å². The summed E-state index contributed by atoms with van der Waals surface area (Å²) in [6.07, 6.45) is 1.90. The molecule has 2 N–H and O–H groups in total. The summed E-state index contributed by atoms with van der Waals surface area (Å²) in [5.74, 6) is 1.17. The maximum absolute atomic E-state index is 13.1. The Morgan fingerprint density at radius 2 is 2.00 bits per heavy atom. The molecular weight excluding hydrogens is 141 g/mol. The van der Waals surface area contributed by atoms with Gasteiger partial charge in [-0.2, -0.15) is 0 Å². The zero-order valence-corrected chi connectivity index (χ0v) is 7.39. The molecule has 0 radical (unpaired) electrons. The average molecular weight is 159 g/mol. The minimum atomic E-state index is -0.754. The van der Waals surface area contributed by atoms with Gasteiger partial charge >= 0.3 is 0 Å². The molecule has 66 valence electrons. The van der Waals surface area contributed by atoms with Crippen molar-refractivity contribution in [3.8, 4) is 0 Å². The molecule has 0 heterocycles. The van der Waals surface area contributed by atoms with Crippen molar-refractivity contribution in [2.45, 2.75) is 45.3 Å². The zero-order chi connectivity index (χ0) is 8.43. The first-order valence-electron chi connectivity index (χ1n) is 4.51. The van der Waals surface area contributed by atoms with Crippen LogP contribution in [0.15, 0.2) is 0 Å². The molecular formula is C9H18FN. The summed E-state index contributed by atoms with van der Waals surface area (Å²) >= 11 is 0. The van der Waals surface area contributed by atoms with Crippen molar-refractivity contribution in [1.29, 1.82) is 0 Å². The van der Waals surface area contributed by atoms with Gasteiger partial charge in [0.05, 0.1) is 0 Å². The van der Waals surface area contributed by atoms with Crippen molar-refractivity contribution >= 4 is 0 Å². The Morgan fingerprint density at radius 1 is 1.36 bits per heavy atom. The van der Waals surface area contributed by atoms with Crippen LogP contribution < -0.4 is 5.73 Å². The molecule has 0 saturated heterocycles. The van der Waals surface area contributed by atoms with E-state index < -0.39 is 6.17 Å². The molecule has 0 aliphatic heterocycles. The van der Waals surface area contributed by atoms with E-state index in [4.69, 9.17) is 5.73 Å². The minimum Gasteiger partial charge on any atom is -0.325 e. The van der Waals surface area contributed by atoms with Crippen LogP contribution >= 0.6 is 0 Å². The van der Waals surface area contributed by atoms with Gasteiger partial charge in [-0.05, 0) is 31.1 Å². The summed E-state index contributed by atoms with van der Waals surface area (Å²) in [5.41, 5.74) is 5.57. The molecule has 0 bridgehead atoms. The predicted octanol–water partition coefficient (Wildman–Crippen LogP) is 2.11. The molecule has 0 spiro atoms. The summed E-state index contributed by atoms with van der Waals surface area (Å²) in [6.45, 7) is 4.32. The maximum atomic E-state index is 13.1. The first kappa shape index (κ1) is 8.98. The first-order chi connectivity index (χ1) is 5.11. The highest BCUT2D eigenvalue weighted by atomic mass is 19.1. The van der Waals surface area contributed by atoms with E-state index in [2.05, 4.69) is 13.8 Å². The van der Waals surface area contributed by atoms with Gasteiger partial charge in [-0.15, -0.1) is 0 Å². The maximum Gasteiger partial charge on any atom is 0.115 e. The molecule has 0 aromatic rings. The van der Waals surface area contributed by atoms with Crippen molar-refractivity contribution in [3.05, 3.63) is 0 Å². The highest BCUT2D eigenvalue weighted by Crippen LogP contribution is 2.30. The van der Waals surface area contributed by atoms with E-state index in [0.717, 1.165) is 12.8 Å². The molecule has 11 heavy (non-hydrogen) atoms. The Labute approximate surface area is 68.2 Å². The van der Waals surface area contributed by atoms with Crippen LogP contribution in [0.5, 0.6) is 0 Å². The van der Waals surface area contributed by atoms with Crippen LogP contribution in [0.4, 0.5) is 4.39 Å².